The summed E-state index contributed by atoms with van der Waals surface area (Å²) in [7, 11) is 0. The van der Waals surface area contributed by atoms with Crippen LogP contribution in [0.5, 0.6) is 0 Å². The number of aryl methyl sites for hydroxylation is 1. The summed E-state index contributed by atoms with van der Waals surface area (Å²) >= 11 is 0. The summed E-state index contributed by atoms with van der Waals surface area (Å²) < 4.78 is 1.63. The van der Waals surface area contributed by atoms with Gasteiger partial charge in [-0.1, -0.05) is 25.5 Å². The molecule has 0 saturated carbocycles. The molecular formula is C15H14N6. The zero-order chi connectivity index (χ0) is 14.7. The number of nitrogens with zero attached hydrogens (tertiary/aromatic N) is 5. The Morgan fingerprint density at radius 2 is 2.19 bits per heavy atom. The first-order valence-electron chi connectivity index (χ1n) is 6.77. The van der Waals surface area contributed by atoms with E-state index in [1.165, 1.54) is 6.33 Å². The monoisotopic (exact) mass is 278 g/mol. The van der Waals surface area contributed by atoms with Gasteiger partial charge < -0.3 is 5.32 Å². The van der Waals surface area contributed by atoms with Gasteiger partial charge in [0.05, 0.1) is 11.3 Å². The van der Waals surface area contributed by atoms with E-state index in [2.05, 4.69) is 33.4 Å². The molecule has 21 heavy (non-hydrogen) atoms. The molecule has 0 saturated heterocycles. The van der Waals surface area contributed by atoms with E-state index in [1.54, 1.807) is 10.6 Å². The van der Waals surface area contributed by atoms with E-state index in [-0.39, 0.29) is 0 Å². The van der Waals surface area contributed by atoms with E-state index in [1.807, 2.05) is 24.3 Å². The molecule has 0 aliphatic heterocycles. The lowest BCUT2D eigenvalue weighted by Crippen LogP contribution is -2.05. The number of nitriles is 1. The number of rotatable bonds is 4. The molecule has 0 radical (unpaired) electrons. The fourth-order valence-electron chi connectivity index (χ4n) is 2.16. The van der Waals surface area contributed by atoms with Crippen LogP contribution in [0.2, 0.25) is 0 Å². The van der Waals surface area contributed by atoms with Crippen LogP contribution in [0.1, 0.15) is 24.6 Å². The molecule has 2 aromatic heterocycles. The second kappa shape index (κ2) is 5.59. The minimum absolute atomic E-state index is 0.554. The molecule has 0 atom stereocenters. The first-order chi connectivity index (χ1) is 10.3. The maximum atomic E-state index is 9.17. The number of benzene rings is 1. The molecule has 104 valence electrons. The molecule has 2 heterocycles. The molecule has 1 aromatic carbocycles. The summed E-state index contributed by atoms with van der Waals surface area (Å²) in [4.78, 5) is 8.60. The number of aromatic nitrogens is 4. The maximum absolute atomic E-state index is 9.17. The van der Waals surface area contributed by atoms with Crippen LogP contribution in [0, 0.1) is 11.3 Å². The average molecular weight is 278 g/mol. The van der Waals surface area contributed by atoms with Crippen molar-refractivity contribution in [3.05, 3.63) is 47.9 Å². The number of fused-ring (bicyclic) bond motifs is 1. The van der Waals surface area contributed by atoms with Gasteiger partial charge in [-0.3, -0.25) is 0 Å². The zero-order valence-corrected chi connectivity index (χ0v) is 11.6. The van der Waals surface area contributed by atoms with Gasteiger partial charge in [0.1, 0.15) is 18.2 Å². The van der Waals surface area contributed by atoms with Crippen molar-refractivity contribution in [2.24, 2.45) is 0 Å². The summed E-state index contributed by atoms with van der Waals surface area (Å²) in [6, 6.07) is 11.5. The van der Waals surface area contributed by atoms with Gasteiger partial charge in [-0.15, -0.1) is 0 Å². The normalized spacial score (nSPS) is 10.5. The summed E-state index contributed by atoms with van der Waals surface area (Å²) in [6.45, 7) is 2.10. The van der Waals surface area contributed by atoms with E-state index in [9.17, 15) is 5.26 Å². The van der Waals surface area contributed by atoms with Crippen LogP contribution < -0.4 is 5.32 Å². The lowest BCUT2D eigenvalue weighted by molar-refractivity contribution is 0.860. The lowest BCUT2D eigenvalue weighted by Gasteiger charge is -2.10. The van der Waals surface area contributed by atoms with Gasteiger partial charge in [0.25, 0.3) is 5.78 Å². The molecule has 6 heteroatoms. The highest BCUT2D eigenvalue weighted by molar-refractivity contribution is 5.65. The Balaban J connectivity index is 2.07. The maximum Gasteiger partial charge on any atom is 0.254 e. The number of hydrogen-bond donors (Lipinski definition) is 1. The van der Waals surface area contributed by atoms with E-state index in [0.29, 0.717) is 11.3 Å². The summed E-state index contributed by atoms with van der Waals surface area (Å²) in [5.41, 5.74) is 2.28. The predicted octanol–water partition coefficient (Wildman–Crippen LogP) is 2.69. The minimum Gasteiger partial charge on any atom is -0.339 e. The number of para-hydroxylation sites is 1. The minimum atomic E-state index is 0.554. The van der Waals surface area contributed by atoms with Crippen LogP contribution in [0.15, 0.2) is 36.7 Å². The second-order valence-corrected chi connectivity index (χ2v) is 4.64. The molecule has 0 aliphatic rings. The van der Waals surface area contributed by atoms with Crippen LogP contribution in [-0.4, -0.2) is 19.6 Å². The van der Waals surface area contributed by atoms with Crippen molar-refractivity contribution < 1.29 is 0 Å². The van der Waals surface area contributed by atoms with Crippen LogP contribution >= 0.6 is 0 Å². The molecule has 0 spiro atoms. The third kappa shape index (κ3) is 2.54. The Hall–Kier alpha value is -2.94. The van der Waals surface area contributed by atoms with Gasteiger partial charge in [-0.05, 0) is 18.6 Å². The van der Waals surface area contributed by atoms with E-state index in [0.717, 1.165) is 30.0 Å². The van der Waals surface area contributed by atoms with Crippen molar-refractivity contribution in [2.45, 2.75) is 19.8 Å². The Morgan fingerprint density at radius 3 is 3.00 bits per heavy atom. The fraction of sp³-hybridized carbons (Fsp3) is 0.200. The first kappa shape index (κ1) is 13.1. The van der Waals surface area contributed by atoms with Crippen molar-refractivity contribution in [1.29, 1.82) is 5.26 Å². The average Bonchev–Trinajstić information content (AvgIpc) is 2.97. The van der Waals surface area contributed by atoms with E-state index >= 15 is 0 Å². The Labute approximate surface area is 122 Å². The second-order valence-electron chi connectivity index (χ2n) is 4.64. The number of anilines is 2. The third-order valence-corrected chi connectivity index (χ3v) is 3.12. The summed E-state index contributed by atoms with van der Waals surface area (Å²) in [5.74, 6) is 1.31. The fourth-order valence-corrected chi connectivity index (χ4v) is 2.16. The highest BCUT2D eigenvalue weighted by Gasteiger charge is 2.09. The Kier molecular flexibility index (Phi) is 3.48. The molecule has 0 amide bonds. The first-order valence-corrected chi connectivity index (χ1v) is 6.77. The lowest BCUT2D eigenvalue weighted by atomic mass is 10.2. The molecule has 0 fully saturated rings. The SMILES string of the molecule is CCCc1cc(Nc2ccccc2C#N)n2ncnc2n1. The zero-order valence-electron chi connectivity index (χ0n) is 11.6. The van der Waals surface area contributed by atoms with Crippen molar-refractivity contribution in [1.82, 2.24) is 19.6 Å². The molecule has 1 N–H and O–H groups in total. The standard InChI is InChI=1S/C15H14N6/c1-2-5-12-8-14(21-15(19-12)17-10-18-21)20-13-7-4-3-6-11(13)9-16/h3-4,6-8,10,20H,2,5H2,1H3. The van der Waals surface area contributed by atoms with Gasteiger partial charge in [0, 0.05) is 11.8 Å². The van der Waals surface area contributed by atoms with Crippen LogP contribution in [0.4, 0.5) is 11.5 Å². The van der Waals surface area contributed by atoms with Crippen molar-refractivity contribution in [3.8, 4) is 6.07 Å². The summed E-state index contributed by atoms with van der Waals surface area (Å²) in [6.07, 6.45) is 3.35. The van der Waals surface area contributed by atoms with Gasteiger partial charge in [0.2, 0.25) is 0 Å². The third-order valence-electron chi connectivity index (χ3n) is 3.12. The van der Waals surface area contributed by atoms with Crippen molar-refractivity contribution >= 4 is 17.3 Å². The summed E-state index contributed by atoms with van der Waals surface area (Å²) in [5, 5.41) is 16.6. The smallest absolute Gasteiger partial charge is 0.254 e. The van der Waals surface area contributed by atoms with Crippen LogP contribution in [0.3, 0.4) is 0 Å². The van der Waals surface area contributed by atoms with Gasteiger partial charge in [0.15, 0.2) is 0 Å². The topological polar surface area (TPSA) is 78.9 Å². The molecule has 3 aromatic rings. The van der Waals surface area contributed by atoms with Crippen molar-refractivity contribution in [3.63, 3.8) is 0 Å². The van der Waals surface area contributed by atoms with Gasteiger partial charge in [-0.25, -0.2) is 4.98 Å². The molecule has 6 nitrogen and oxygen atoms in total. The van der Waals surface area contributed by atoms with Crippen molar-refractivity contribution in [2.75, 3.05) is 5.32 Å². The van der Waals surface area contributed by atoms with Gasteiger partial charge in [-0.2, -0.15) is 19.9 Å². The molecule has 0 unspecified atom stereocenters. The number of hydrogen-bond acceptors (Lipinski definition) is 5. The molecule has 3 rings (SSSR count). The molecule has 0 bridgehead atoms. The highest BCUT2D eigenvalue weighted by atomic mass is 15.4. The molecule has 0 aliphatic carbocycles. The predicted molar refractivity (Wildman–Crippen MR) is 79.2 cm³/mol. The van der Waals surface area contributed by atoms with Gasteiger partial charge >= 0.3 is 0 Å². The van der Waals surface area contributed by atoms with Crippen LogP contribution in [0.25, 0.3) is 5.78 Å². The Morgan fingerprint density at radius 1 is 1.33 bits per heavy atom. The highest BCUT2D eigenvalue weighted by Crippen LogP contribution is 2.21. The van der Waals surface area contributed by atoms with Crippen LogP contribution in [-0.2, 0) is 6.42 Å². The molecular weight excluding hydrogens is 264 g/mol. The Bertz CT molecular complexity index is 814. The van der Waals surface area contributed by atoms with E-state index < -0.39 is 0 Å². The largest absolute Gasteiger partial charge is 0.339 e. The number of nitrogens with one attached hydrogen (secondary N) is 1. The van der Waals surface area contributed by atoms with E-state index in [4.69, 9.17) is 0 Å². The quantitative estimate of drug-likeness (QED) is 0.793.